The highest BCUT2D eigenvalue weighted by Crippen LogP contribution is 2.37. The molecular formula is C17H10Cl2F3NO3. The number of rotatable bonds is 3. The second-order valence-corrected chi connectivity index (χ2v) is 6.35. The molecule has 4 nitrogen and oxygen atoms in total. The van der Waals surface area contributed by atoms with Crippen molar-refractivity contribution >= 4 is 40.1 Å². The highest BCUT2D eigenvalue weighted by atomic mass is 35.5. The molecule has 3 aromatic rings. The lowest BCUT2D eigenvalue weighted by Crippen LogP contribution is -2.11. The molecule has 0 saturated carbocycles. The zero-order valence-electron chi connectivity index (χ0n) is 12.8. The highest BCUT2D eigenvalue weighted by molar-refractivity contribution is 6.37. The SMILES string of the molecule is O=C(O)c1cc2c(Cl)c(O)ccc2n1Cc1ccc(Cl)c(C(F)(F)F)c1. The van der Waals surface area contributed by atoms with E-state index in [1.54, 1.807) is 0 Å². The van der Waals surface area contributed by atoms with Crippen LogP contribution in [0, 0.1) is 0 Å². The number of aromatic nitrogens is 1. The van der Waals surface area contributed by atoms with E-state index in [0.717, 1.165) is 12.1 Å². The maximum Gasteiger partial charge on any atom is 0.417 e. The zero-order valence-corrected chi connectivity index (χ0v) is 14.3. The highest BCUT2D eigenvalue weighted by Gasteiger charge is 2.33. The Hall–Kier alpha value is -2.38. The molecular weight excluding hydrogens is 394 g/mol. The summed E-state index contributed by atoms with van der Waals surface area (Å²) >= 11 is 11.6. The number of nitrogens with zero attached hydrogens (tertiary/aromatic N) is 1. The zero-order chi connectivity index (χ0) is 19.2. The van der Waals surface area contributed by atoms with Gasteiger partial charge in [-0.1, -0.05) is 29.3 Å². The molecule has 2 aromatic carbocycles. The van der Waals surface area contributed by atoms with Gasteiger partial charge in [0.15, 0.2) is 0 Å². The summed E-state index contributed by atoms with van der Waals surface area (Å²) in [6, 6.07) is 7.38. The normalized spacial score (nSPS) is 11.9. The summed E-state index contributed by atoms with van der Waals surface area (Å²) in [5, 5.41) is 18.9. The number of hydrogen-bond donors (Lipinski definition) is 2. The molecule has 0 bridgehead atoms. The number of halogens is 5. The van der Waals surface area contributed by atoms with Crippen molar-refractivity contribution in [3.63, 3.8) is 0 Å². The summed E-state index contributed by atoms with van der Waals surface area (Å²) in [4.78, 5) is 11.5. The van der Waals surface area contributed by atoms with E-state index in [9.17, 15) is 28.2 Å². The molecule has 136 valence electrons. The molecule has 0 amide bonds. The Balaban J connectivity index is 2.16. The minimum Gasteiger partial charge on any atom is -0.506 e. The average Bonchev–Trinajstić information content (AvgIpc) is 2.91. The fourth-order valence-electron chi connectivity index (χ4n) is 2.71. The number of carboxylic acid groups (broad SMARTS) is 1. The first kappa shape index (κ1) is 18.4. The number of aromatic carboxylic acids is 1. The van der Waals surface area contributed by atoms with E-state index in [0.29, 0.717) is 5.52 Å². The Labute approximate surface area is 155 Å². The van der Waals surface area contributed by atoms with Crippen LogP contribution in [0.25, 0.3) is 10.9 Å². The number of carboxylic acids is 1. The second kappa shape index (κ2) is 6.41. The van der Waals surface area contributed by atoms with Crippen LogP contribution in [-0.2, 0) is 12.7 Å². The van der Waals surface area contributed by atoms with Crippen molar-refractivity contribution in [2.75, 3.05) is 0 Å². The van der Waals surface area contributed by atoms with Crippen molar-refractivity contribution in [2.45, 2.75) is 12.7 Å². The molecule has 3 rings (SSSR count). The van der Waals surface area contributed by atoms with Crippen LogP contribution in [0.3, 0.4) is 0 Å². The number of hydrogen-bond acceptors (Lipinski definition) is 2. The topological polar surface area (TPSA) is 62.5 Å². The summed E-state index contributed by atoms with van der Waals surface area (Å²) in [6.45, 7) is -0.146. The van der Waals surface area contributed by atoms with E-state index in [1.165, 1.54) is 28.8 Å². The van der Waals surface area contributed by atoms with Gasteiger partial charge in [-0.15, -0.1) is 0 Å². The van der Waals surface area contributed by atoms with E-state index < -0.39 is 22.7 Å². The molecule has 0 aliphatic rings. The molecule has 0 saturated heterocycles. The van der Waals surface area contributed by atoms with E-state index in [1.807, 2.05) is 0 Å². The molecule has 0 atom stereocenters. The lowest BCUT2D eigenvalue weighted by atomic mass is 10.1. The van der Waals surface area contributed by atoms with Crippen molar-refractivity contribution in [2.24, 2.45) is 0 Å². The van der Waals surface area contributed by atoms with Crippen molar-refractivity contribution < 1.29 is 28.2 Å². The maximum absolute atomic E-state index is 13.0. The Morgan fingerprint density at radius 2 is 1.81 bits per heavy atom. The lowest BCUT2D eigenvalue weighted by molar-refractivity contribution is -0.137. The standard InChI is InChI=1S/C17H10Cl2F3NO3/c18-11-2-1-8(5-10(11)17(20,21)22)7-23-12-3-4-14(24)15(19)9(12)6-13(23)16(25)26/h1-6,24H,7H2,(H,25,26). The van der Waals surface area contributed by atoms with Gasteiger partial charge in [-0.25, -0.2) is 4.79 Å². The van der Waals surface area contributed by atoms with Gasteiger partial charge in [-0.05, 0) is 35.9 Å². The third kappa shape index (κ3) is 3.20. The molecule has 26 heavy (non-hydrogen) atoms. The van der Waals surface area contributed by atoms with Gasteiger partial charge in [0, 0.05) is 11.9 Å². The molecule has 0 aliphatic carbocycles. The van der Waals surface area contributed by atoms with Crippen LogP contribution < -0.4 is 0 Å². The summed E-state index contributed by atoms with van der Waals surface area (Å²) in [6.07, 6.45) is -4.63. The second-order valence-electron chi connectivity index (χ2n) is 5.56. The quantitative estimate of drug-likeness (QED) is 0.613. The fourth-order valence-corrected chi connectivity index (χ4v) is 3.15. The van der Waals surface area contributed by atoms with Crippen molar-refractivity contribution in [1.82, 2.24) is 4.57 Å². The van der Waals surface area contributed by atoms with Crippen LogP contribution in [0.1, 0.15) is 21.6 Å². The number of alkyl halides is 3. The third-order valence-electron chi connectivity index (χ3n) is 3.90. The fraction of sp³-hybridized carbons (Fsp3) is 0.118. The van der Waals surface area contributed by atoms with Crippen molar-refractivity contribution in [3.05, 3.63) is 63.3 Å². The Morgan fingerprint density at radius 1 is 1.12 bits per heavy atom. The molecule has 1 aromatic heterocycles. The molecule has 0 radical (unpaired) electrons. The molecule has 0 unspecified atom stereocenters. The maximum atomic E-state index is 13.0. The van der Waals surface area contributed by atoms with Crippen molar-refractivity contribution in [1.29, 1.82) is 0 Å². The minimum absolute atomic E-state index is 0.0316. The number of phenols is 1. The number of phenolic OH excluding ortho intramolecular Hbond substituents is 1. The summed E-state index contributed by atoms with van der Waals surface area (Å²) < 4.78 is 40.4. The summed E-state index contributed by atoms with van der Waals surface area (Å²) in [7, 11) is 0. The van der Waals surface area contributed by atoms with Gasteiger partial charge in [-0.3, -0.25) is 0 Å². The Bertz CT molecular complexity index is 1030. The predicted molar refractivity (Wildman–Crippen MR) is 91.1 cm³/mol. The van der Waals surface area contributed by atoms with Crippen LogP contribution in [0.5, 0.6) is 5.75 Å². The molecule has 1 heterocycles. The van der Waals surface area contributed by atoms with Gasteiger partial charge in [0.2, 0.25) is 0 Å². The number of carbonyl (C=O) groups is 1. The molecule has 0 aliphatic heterocycles. The van der Waals surface area contributed by atoms with Gasteiger partial charge in [0.05, 0.1) is 21.1 Å². The van der Waals surface area contributed by atoms with Crippen LogP contribution >= 0.6 is 23.2 Å². The van der Waals surface area contributed by atoms with E-state index in [4.69, 9.17) is 23.2 Å². The van der Waals surface area contributed by atoms with Crippen LogP contribution in [-0.4, -0.2) is 20.7 Å². The predicted octanol–water partition coefficient (Wildman–Crippen LogP) is 5.42. The molecule has 0 fully saturated rings. The average molecular weight is 404 g/mol. The number of fused-ring (bicyclic) bond motifs is 1. The molecule has 9 heteroatoms. The Kier molecular flexibility index (Phi) is 4.54. The largest absolute Gasteiger partial charge is 0.506 e. The van der Waals surface area contributed by atoms with E-state index in [2.05, 4.69) is 0 Å². The summed E-state index contributed by atoms with van der Waals surface area (Å²) in [5.74, 6) is -1.50. The van der Waals surface area contributed by atoms with Gasteiger partial charge in [0.25, 0.3) is 0 Å². The van der Waals surface area contributed by atoms with E-state index in [-0.39, 0.29) is 34.0 Å². The van der Waals surface area contributed by atoms with Crippen molar-refractivity contribution in [3.8, 4) is 5.75 Å². The minimum atomic E-state index is -4.63. The first-order chi connectivity index (χ1) is 12.1. The number of benzene rings is 2. The lowest BCUT2D eigenvalue weighted by Gasteiger charge is -2.13. The first-order valence-corrected chi connectivity index (χ1v) is 7.95. The van der Waals surface area contributed by atoms with Gasteiger partial charge >= 0.3 is 12.1 Å². The number of aromatic hydroxyl groups is 1. The first-order valence-electron chi connectivity index (χ1n) is 7.19. The smallest absolute Gasteiger partial charge is 0.417 e. The van der Waals surface area contributed by atoms with E-state index >= 15 is 0 Å². The van der Waals surface area contributed by atoms with Crippen LogP contribution in [0.2, 0.25) is 10.0 Å². The van der Waals surface area contributed by atoms with Gasteiger partial charge in [0.1, 0.15) is 11.4 Å². The monoisotopic (exact) mass is 403 g/mol. The molecule has 0 spiro atoms. The third-order valence-corrected chi connectivity index (χ3v) is 4.62. The van der Waals surface area contributed by atoms with Crippen LogP contribution in [0.15, 0.2) is 36.4 Å². The van der Waals surface area contributed by atoms with Gasteiger partial charge in [-0.2, -0.15) is 13.2 Å². The van der Waals surface area contributed by atoms with Crippen LogP contribution in [0.4, 0.5) is 13.2 Å². The molecule has 2 N–H and O–H groups in total. The summed E-state index contributed by atoms with van der Waals surface area (Å²) in [5.41, 5.74) is -0.587. The Morgan fingerprint density at radius 3 is 2.42 bits per heavy atom. The van der Waals surface area contributed by atoms with Gasteiger partial charge < -0.3 is 14.8 Å².